The first-order chi connectivity index (χ1) is 14.5. The molecule has 154 valence electrons. The van der Waals surface area contributed by atoms with Crippen molar-refractivity contribution in [2.45, 2.75) is 13.0 Å². The molecule has 10 heteroatoms. The minimum absolute atomic E-state index is 0.0882. The van der Waals surface area contributed by atoms with Gasteiger partial charge in [0.15, 0.2) is 6.79 Å². The van der Waals surface area contributed by atoms with Crippen molar-refractivity contribution in [1.82, 2.24) is 14.9 Å². The van der Waals surface area contributed by atoms with Gasteiger partial charge in [0, 0.05) is 36.1 Å². The lowest BCUT2D eigenvalue weighted by Crippen LogP contribution is -2.26. The van der Waals surface area contributed by atoms with Crippen LogP contribution in [0.15, 0.2) is 49.1 Å². The molecule has 0 saturated heterocycles. The number of imidazole rings is 1. The van der Waals surface area contributed by atoms with E-state index in [9.17, 15) is 19.3 Å². The number of hydrogen-bond acceptors (Lipinski definition) is 6. The molecular formula is C20H17FN4O5. The lowest BCUT2D eigenvalue weighted by Gasteiger charge is -2.21. The standard InChI is InChI=1S/C20H17FN4O5/c21-16-7-13(19-15(8-16)10-29-12-30-19)3-4-23-20(26)14-1-2-17(18(9-14)25(27)28)24-6-5-22-11-24/h1-2,5-9,11H,3-4,10,12H2,(H,23,26). The van der Waals surface area contributed by atoms with Crippen molar-refractivity contribution in [3.05, 3.63) is 81.7 Å². The van der Waals surface area contributed by atoms with E-state index in [0.29, 0.717) is 29.0 Å². The van der Waals surface area contributed by atoms with Gasteiger partial charge in [-0.25, -0.2) is 9.37 Å². The molecule has 1 N–H and O–H groups in total. The van der Waals surface area contributed by atoms with Crippen molar-refractivity contribution >= 4 is 11.6 Å². The minimum atomic E-state index is -0.551. The monoisotopic (exact) mass is 412 g/mol. The third-order valence-corrected chi connectivity index (χ3v) is 4.65. The van der Waals surface area contributed by atoms with E-state index in [2.05, 4.69) is 10.3 Å². The third-order valence-electron chi connectivity index (χ3n) is 4.65. The van der Waals surface area contributed by atoms with Crippen molar-refractivity contribution < 1.29 is 23.6 Å². The number of nitrogens with one attached hydrogen (secondary N) is 1. The summed E-state index contributed by atoms with van der Waals surface area (Å²) in [4.78, 5) is 27.3. The highest BCUT2D eigenvalue weighted by atomic mass is 19.1. The molecule has 0 atom stereocenters. The van der Waals surface area contributed by atoms with Gasteiger partial charge in [-0.3, -0.25) is 14.9 Å². The number of nitrogens with zero attached hydrogens (tertiary/aromatic N) is 3. The average molecular weight is 412 g/mol. The number of carbonyl (C=O) groups is 1. The van der Waals surface area contributed by atoms with E-state index in [-0.39, 0.29) is 31.2 Å². The van der Waals surface area contributed by atoms with Gasteiger partial charge in [0.1, 0.15) is 17.3 Å². The molecule has 0 unspecified atom stereocenters. The Morgan fingerprint density at radius 2 is 2.20 bits per heavy atom. The highest BCUT2D eigenvalue weighted by molar-refractivity contribution is 5.95. The van der Waals surface area contributed by atoms with E-state index in [1.807, 2.05) is 0 Å². The second-order valence-corrected chi connectivity index (χ2v) is 6.60. The summed E-state index contributed by atoms with van der Waals surface area (Å²) in [5, 5.41) is 14.1. The first-order valence-electron chi connectivity index (χ1n) is 9.10. The lowest BCUT2D eigenvalue weighted by molar-refractivity contribution is -0.384. The van der Waals surface area contributed by atoms with Crippen LogP contribution in [0.3, 0.4) is 0 Å². The fraction of sp³-hybridized carbons (Fsp3) is 0.200. The Morgan fingerprint density at radius 3 is 2.97 bits per heavy atom. The second-order valence-electron chi connectivity index (χ2n) is 6.60. The SMILES string of the molecule is O=C(NCCc1cc(F)cc2c1OCOC2)c1ccc(-n2ccnc2)c([N+](=O)[O-])c1. The Bertz CT molecular complexity index is 1100. The molecule has 2 heterocycles. The fourth-order valence-electron chi connectivity index (χ4n) is 3.29. The molecule has 1 aromatic heterocycles. The number of ether oxygens (including phenoxy) is 2. The van der Waals surface area contributed by atoms with Crippen LogP contribution in [-0.4, -0.2) is 33.7 Å². The third kappa shape index (κ3) is 3.98. The number of amides is 1. The van der Waals surface area contributed by atoms with Gasteiger partial charge < -0.3 is 19.4 Å². The molecule has 1 amide bonds. The van der Waals surface area contributed by atoms with Crippen LogP contribution in [0, 0.1) is 15.9 Å². The number of halogens is 1. The molecule has 0 fully saturated rings. The summed E-state index contributed by atoms with van der Waals surface area (Å²) in [6.45, 7) is 0.556. The number of nitro groups is 1. The number of carbonyl (C=O) groups excluding carboxylic acids is 1. The van der Waals surface area contributed by atoms with Gasteiger partial charge in [-0.15, -0.1) is 0 Å². The first kappa shape index (κ1) is 19.5. The number of nitro benzene ring substituents is 1. The molecule has 1 aliphatic heterocycles. The number of hydrogen-bond donors (Lipinski definition) is 1. The van der Waals surface area contributed by atoms with Gasteiger partial charge in [-0.1, -0.05) is 0 Å². The predicted molar refractivity (Wildman–Crippen MR) is 103 cm³/mol. The Kier molecular flexibility index (Phi) is 5.40. The van der Waals surface area contributed by atoms with Gasteiger partial charge in [0.25, 0.3) is 11.6 Å². The fourth-order valence-corrected chi connectivity index (χ4v) is 3.29. The largest absolute Gasteiger partial charge is 0.467 e. The molecule has 1 aliphatic rings. The maximum Gasteiger partial charge on any atom is 0.294 e. The molecule has 0 spiro atoms. The van der Waals surface area contributed by atoms with Crippen molar-refractivity contribution in [1.29, 1.82) is 0 Å². The van der Waals surface area contributed by atoms with E-state index < -0.39 is 16.6 Å². The summed E-state index contributed by atoms with van der Waals surface area (Å²) in [6.07, 6.45) is 4.86. The van der Waals surface area contributed by atoms with E-state index in [4.69, 9.17) is 9.47 Å². The topological polar surface area (TPSA) is 109 Å². The predicted octanol–water partition coefficient (Wildman–Crippen LogP) is 2.76. The molecule has 0 aliphatic carbocycles. The summed E-state index contributed by atoms with van der Waals surface area (Å²) in [6, 6.07) is 6.93. The van der Waals surface area contributed by atoms with E-state index >= 15 is 0 Å². The Labute approximate surface area is 170 Å². The quantitative estimate of drug-likeness (QED) is 0.493. The zero-order valence-corrected chi connectivity index (χ0v) is 15.7. The Balaban J connectivity index is 1.47. The summed E-state index contributed by atoms with van der Waals surface area (Å²) in [5.41, 5.74) is 1.48. The van der Waals surface area contributed by atoms with Crippen molar-refractivity contribution in [2.24, 2.45) is 0 Å². The number of rotatable bonds is 6. The van der Waals surface area contributed by atoms with Crippen LogP contribution in [0.25, 0.3) is 5.69 Å². The zero-order chi connectivity index (χ0) is 21.1. The molecule has 9 nitrogen and oxygen atoms in total. The van der Waals surface area contributed by atoms with Crippen molar-refractivity contribution in [2.75, 3.05) is 13.3 Å². The van der Waals surface area contributed by atoms with Crippen LogP contribution in [0.1, 0.15) is 21.5 Å². The first-order valence-corrected chi connectivity index (χ1v) is 9.10. The normalized spacial score (nSPS) is 12.7. The van der Waals surface area contributed by atoms with Gasteiger partial charge in [0.2, 0.25) is 0 Å². The zero-order valence-electron chi connectivity index (χ0n) is 15.7. The molecular weight excluding hydrogens is 395 g/mol. The molecule has 0 radical (unpaired) electrons. The second kappa shape index (κ2) is 8.29. The highest BCUT2D eigenvalue weighted by Gasteiger charge is 2.20. The summed E-state index contributed by atoms with van der Waals surface area (Å²) >= 11 is 0. The van der Waals surface area contributed by atoms with E-state index in [1.165, 1.54) is 47.4 Å². The van der Waals surface area contributed by atoms with Crippen LogP contribution in [0.4, 0.5) is 10.1 Å². The maximum atomic E-state index is 13.8. The van der Waals surface area contributed by atoms with Crippen LogP contribution in [0.2, 0.25) is 0 Å². The number of aromatic nitrogens is 2. The minimum Gasteiger partial charge on any atom is -0.467 e. The molecule has 4 rings (SSSR count). The highest BCUT2D eigenvalue weighted by Crippen LogP contribution is 2.29. The van der Waals surface area contributed by atoms with Crippen LogP contribution in [0.5, 0.6) is 5.75 Å². The lowest BCUT2D eigenvalue weighted by atomic mass is 10.1. The van der Waals surface area contributed by atoms with Crippen LogP contribution < -0.4 is 10.1 Å². The summed E-state index contributed by atoms with van der Waals surface area (Å²) < 4.78 is 25.9. The molecule has 2 aromatic carbocycles. The van der Waals surface area contributed by atoms with Crippen LogP contribution in [-0.2, 0) is 17.8 Å². The summed E-state index contributed by atoms with van der Waals surface area (Å²) in [7, 11) is 0. The van der Waals surface area contributed by atoms with E-state index in [0.717, 1.165) is 0 Å². The Morgan fingerprint density at radius 1 is 1.33 bits per heavy atom. The van der Waals surface area contributed by atoms with Crippen molar-refractivity contribution in [3.63, 3.8) is 0 Å². The van der Waals surface area contributed by atoms with Gasteiger partial charge in [0.05, 0.1) is 17.9 Å². The maximum absolute atomic E-state index is 13.8. The van der Waals surface area contributed by atoms with Gasteiger partial charge in [-0.2, -0.15) is 0 Å². The van der Waals surface area contributed by atoms with Crippen molar-refractivity contribution in [3.8, 4) is 11.4 Å². The summed E-state index contributed by atoms with van der Waals surface area (Å²) in [5.74, 6) is -0.308. The van der Waals surface area contributed by atoms with Crippen LogP contribution >= 0.6 is 0 Å². The molecule has 0 saturated carbocycles. The van der Waals surface area contributed by atoms with E-state index in [1.54, 1.807) is 6.20 Å². The average Bonchev–Trinajstić information content (AvgIpc) is 3.27. The Hall–Kier alpha value is -3.79. The molecule has 30 heavy (non-hydrogen) atoms. The number of fused-ring (bicyclic) bond motifs is 1. The number of benzene rings is 2. The smallest absolute Gasteiger partial charge is 0.294 e. The van der Waals surface area contributed by atoms with Gasteiger partial charge >= 0.3 is 0 Å². The molecule has 3 aromatic rings. The van der Waals surface area contributed by atoms with Gasteiger partial charge in [-0.05, 0) is 36.2 Å². The molecule has 0 bridgehead atoms.